The normalized spacial score (nSPS) is 26.4. The minimum Gasteiger partial charge on any atom is -0.354 e. The van der Waals surface area contributed by atoms with Crippen molar-refractivity contribution in [2.45, 2.75) is 30.7 Å². The van der Waals surface area contributed by atoms with Crippen molar-refractivity contribution in [3.8, 4) is 0 Å². The first-order chi connectivity index (χ1) is 15.5. The van der Waals surface area contributed by atoms with Gasteiger partial charge in [0.1, 0.15) is 5.82 Å². The maximum atomic E-state index is 12.9. The Morgan fingerprint density at radius 2 is 2.17 bits per heavy atom. The second-order valence-corrected chi connectivity index (χ2v) is 10.2. The lowest BCUT2D eigenvalue weighted by molar-refractivity contribution is -0.117. The Morgan fingerprint density at radius 3 is 2.90 bits per heavy atom. The van der Waals surface area contributed by atoms with Crippen LogP contribution in [0.1, 0.15) is 39.4 Å². The number of pyridine rings is 1. The van der Waals surface area contributed by atoms with Gasteiger partial charge in [-0.05, 0) is 36.3 Å². The van der Waals surface area contributed by atoms with Crippen molar-refractivity contribution < 1.29 is 17.9 Å². The van der Waals surface area contributed by atoms with Gasteiger partial charge < -0.3 is 16.0 Å². The molecule has 0 bridgehead atoms. The molecule has 1 aliphatic heterocycles. The summed E-state index contributed by atoms with van der Waals surface area (Å²) < 4.78 is 39.0. The van der Waals surface area contributed by atoms with Crippen molar-refractivity contribution in [1.82, 2.24) is 20.5 Å². The van der Waals surface area contributed by atoms with Gasteiger partial charge in [0.25, 0.3) is 5.91 Å². The largest absolute Gasteiger partial charge is 0.354 e. The molecule has 0 radical (unpaired) electrons. The molecule has 0 aromatic carbocycles. The number of fused-ring (bicyclic) bond motifs is 1. The minimum absolute atomic E-state index is 0.0558. The molecular formula is C19H21N7O3S. The minimum atomic E-state index is -2.74. The van der Waals surface area contributed by atoms with E-state index in [1.807, 2.05) is 5.32 Å². The summed E-state index contributed by atoms with van der Waals surface area (Å²) in [6.07, 6.45) is 5.95. The Kier molecular flexibility index (Phi) is 3.38. The van der Waals surface area contributed by atoms with Gasteiger partial charge >= 0.3 is 0 Å². The van der Waals surface area contributed by atoms with Crippen molar-refractivity contribution >= 4 is 38.9 Å². The highest BCUT2D eigenvalue weighted by Gasteiger charge is 2.65. The van der Waals surface area contributed by atoms with Crippen molar-refractivity contribution in [2.75, 3.05) is 23.9 Å². The molecule has 1 spiro atoms. The molecule has 3 aliphatic rings. The van der Waals surface area contributed by atoms with E-state index in [9.17, 15) is 13.8 Å². The SMILES string of the molecule is [2H]C([2H])([2H])NC(=O)c1nnc(NC(=O)C2CC23CC3)cc1Nc1nccc2c1S(C)(=O)=NC2. The number of aromatic nitrogens is 3. The maximum absolute atomic E-state index is 12.9. The first kappa shape index (κ1) is 15.7. The van der Waals surface area contributed by atoms with Gasteiger partial charge in [-0.3, -0.25) is 9.59 Å². The molecule has 2 unspecified atom stereocenters. The van der Waals surface area contributed by atoms with Crippen LogP contribution < -0.4 is 16.0 Å². The van der Waals surface area contributed by atoms with E-state index in [0.29, 0.717) is 4.90 Å². The standard InChI is InChI=1S/C19H21N7O3S/c1-20-18(28)14-12(23-16-15-10(3-6-21-16)9-22-30(15,2)29)7-13(25-26-14)24-17(27)11-8-19(11)4-5-19/h3,6-7,11H,4-5,8-9H2,1-2H3,(H,20,28)(H2,21,23,24,25,27)/i1D3. The first-order valence-electron chi connectivity index (χ1n) is 10.9. The summed E-state index contributed by atoms with van der Waals surface area (Å²) in [5, 5.41) is 15.3. The summed E-state index contributed by atoms with van der Waals surface area (Å²) in [4.78, 5) is 29.8. The fourth-order valence-electron chi connectivity index (χ4n) is 3.93. The number of hydrogen-bond donors (Lipinski definition) is 3. The summed E-state index contributed by atoms with van der Waals surface area (Å²) in [6, 6.07) is 3.09. The third-order valence-corrected chi connectivity index (χ3v) is 7.71. The predicted octanol–water partition coefficient (Wildman–Crippen LogP) is 1.68. The first-order valence-corrected chi connectivity index (χ1v) is 11.3. The van der Waals surface area contributed by atoms with Gasteiger partial charge in [0.15, 0.2) is 11.5 Å². The number of carbonyl (C=O) groups is 2. The van der Waals surface area contributed by atoms with Crippen molar-refractivity contribution in [3.05, 3.63) is 29.6 Å². The summed E-state index contributed by atoms with van der Waals surface area (Å²) in [7, 11) is -2.70. The van der Waals surface area contributed by atoms with Crippen LogP contribution in [0.5, 0.6) is 0 Å². The van der Waals surface area contributed by atoms with Crippen LogP contribution in [-0.4, -0.2) is 44.4 Å². The van der Waals surface area contributed by atoms with Gasteiger partial charge in [0.05, 0.1) is 26.9 Å². The van der Waals surface area contributed by atoms with E-state index in [4.69, 9.17) is 4.11 Å². The Morgan fingerprint density at radius 1 is 1.33 bits per heavy atom. The molecule has 2 amide bonds. The zero-order chi connectivity index (χ0) is 23.6. The van der Waals surface area contributed by atoms with Crippen LogP contribution in [-0.2, 0) is 21.1 Å². The van der Waals surface area contributed by atoms with Crippen LogP contribution in [0.3, 0.4) is 0 Å². The van der Waals surface area contributed by atoms with Crippen LogP contribution in [0.4, 0.5) is 17.3 Å². The molecule has 2 saturated carbocycles. The molecule has 2 fully saturated rings. The molecule has 2 aromatic rings. The number of rotatable bonds is 5. The van der Waals surface area contributed by atoms with Gasteiger partial charge in [-0.1, -0.05) is 0 Å². The van der Waals surface area contributed by atoms with E-state index in [2.05, 4.69) is 30.2 Å². The Hall–Kier alpha value is -3.08. The molecule has 0 saturated heterocycles. The topological polar surface area (TPSA) is 138 Å². The van der Waals surface area contributed by atoms with Crippen LogP contribution >= 0.6 is 0 Å². The molecule has 156 valence electrons. The number of carbonyl (C=O) groups excluding carboxylic acids is 2. The Labute approximate surface area is 177 Å². The van der Waals surface area contributed by atoms with Crippen LogP contribution in [0.15, 0.2) is 27.6 Å². The monoisotopic (exact) mass is 430 g/mol. The second kappa shape index (κ2) is 6.46. The molecular weight excluding hydrogens is 406 g/mol. The van der Waals surface area contributed by atoms with E-state index >= 15 is 0 Å². The predicted molar refractivity (Wildman–Crippen MR) is 110 cm³/mol. The fraction of sp³-hybridized carbons (Fsp3) is 0.421. The molecule has 5 rings (SSSR count). The van der Waals surface area contributed by atoms with Crippen LogP contribution in [0.25, 0.3) is 0 Å². The summed E-state index contributed by atoms with van der Waals surface area (Å²) >= 11 is 0. The van der Waals surface area contributed by atoms with Gasteiger partial charge in [-0.15, -0.1) is 10.2 Å². The Balaban J connectivity index is 1.49. The lowest BCUT2D eigenvalue weighted by atomic mass is 10.2. The Bertz CT molecular complexity index is 1320. The quantitative estimate of drug-likeness (QED) is 0.656. The van der Waals surface area contributed by atoms with Crippen molar-refractivity contribution in [1.29, 1.82) is 0 Å². The molecule has 2 atom stereocenters. The summed E-state index contributed by atoms with van der Waals surface area (Å²) in [5.41, 5.74) is 0.623. The smallest absolute Gasteiger partial charge is 0.273 e. The van der Waals surface area contributed by atoms with E-state index in [0.717, 1.165) is 24.8 Å². The third kappa shape index (κ3) is 3.09. The number of nitrogens with one attached hydrogen (secondary N) is 3. The zero-order valence-electron chi connectivity index (χ0n) is 19.1. The highest BCUT2D eigenvalue weighted by molar-refractivity contribution is 7.93. The van der Waals surface area contributed by atoms with E-state index < -0.39 is 22.6 Å². The molecule has 30 heavy (non-hydrogen) atoms. The molecule has 2 aromatic heterocycles. The number of nitrogens with zero attached hydrogens (tertiary/aromatic N) is 4. The third-order valence-electron chi connectivity index (χ3n) is 5.87. The molecule has 11 heteroatoms. The number of amides is 2. The van der Waals surface area contributed by atoms with Crippen molar-refractivity contribution in [2.24, 2.45) is 15.7 Å². The van der Waals surface area contributed by atoms with Gasteiger partial charge in [-0.25, -0.2) is 13.6 Å². The summed E-state index contributed by atoms with van der Waals surface area (Å²) in [5.74, 6) is -0.906. The van der Waals surface area contributed by atoms with Crippen LogP contribution in [0.2, 0.25) is 0 Å². The molecule has 10 nitrogen and oxygen atoms in total. The van der Waals surface area contributed by atoms with Crippen LogP contribution in [0, 0.1) is 11.3 Å². The average Bonchev–Trinajstić information content (AvgIpc) is 3.62. The molecule has 3 heterocycles. The van der Waals surface area contributed by atoms with Gasteiger partial charge in [0.2, 0.25) is 5.91 Å². The molecule has 2 aliphatic carbocycles. The average molecular weight is 431 g/mol. The number of hydrogen-bond acceptors (Lipinski definition) is 8. The van der Waals surface area contributed by atoms with E-state index in [-0.39, 0.29) is 46.8 Å². The zero-order valence-corrected chi connectivity index (χ0v) is 16.9. The van der Waals surface area contributed by atoms with Gasteiger partial charge in [-0.2, -0.15) is 0 Å². The van der Waals surface area contributed by atoms with E-state index in [1.165, 1.54) is 18.5 Å². The second-order valence-electron chi connectivity index (χ2n) is 7.92. The van der Waals surface area contributed by atoms with Gasteiger partial charge in [0, 0.05) is 35.5 Å². The molecule has 3 N–H and O–H groups in total. The fourth-order valence-corrected chi connectivity index (χ4v) is 5.53. The highest BCUT2D eigenvalue weighted by atomic mass is 32.2. The lowest BCUT2D eigenvalue weighted by Crippen LogP contribution is -2.23. The van der Waals surface area contributed by atoms with E-state index in [1.54, 1.807) is 6.07 Å². The summed E-state index contributed by atoms with van der Waals surface area (Å²) in [6.45, 7) is -2.47. The highest BCUT2D eigenvalue weighted by Crippen LogP contribution is 2.70. The number of anilines is 3. The lowest BCUT2D eigenvalue weighted by Gasteiger charge is -2.14. The van der Waals surface area contributed by atoms with Crippen molar-refractivity contribution in [3.63, 3.8) is 0 Å². The maximum Gasteiger partial charge on any atom is 0.273 e.